The van der Waals surface area contributed by atoms with E-state index in [1.807, 2.05) is 0 Å². The quantitative estimate of drug-likeness (QED) is 0.657. The number of carboxylic acids is 1. The van der Waals surface area contributed by atoms with Gasteiger partial charge in [0, 0.05) is 11.8 Å². The molecule has 0 unspecified atom stereocenters. The van der Waals surface area contributed by atoms with Gasteiger partial charge in [-0.25, -0.2) is 0 Å². The van der Waals surface area contributed by atoms with E-state index in [-0.39, 0.29) is 11.1 Å². The summed E-state index contributed by atoms with van der Waals surface area (Å²) in [6.07, 6.45) is 0. The normalized spacial score (nSPS) is 13.1. The van der Waals surface area contributed by atoms with Gasteiger partial charge in [0.05, 0.1) is 11.1 Å². The highest BCUT2D eigenvalue weighted by molar-refractivity contribution is 6.22. The number of nitrogen functional groups attached to an aromatic ring is 1. The lowest BCUT2D eigenvalue weighted by Gasteiger charge is -2.09. The Balaban J connectivity index is 1.90. The number of carbonyl (C=O) groups is 3. The number of nitrogens with two attached hydrogens (primary N) is 1. The average Bonchev–Trinajstić information content (AvgIpc) is 2.72. The summed E-state index contributed by atoms with van der Waals surface area (Å²) in [5.41, 5.74) is 6.48. The van der Waals surface area contributed by atoms with E-state index < -0.39 is 24.3 Å². The molecule has 0 fully saturated rings. The number of anilines is 1. The molecule has 116 valence electrons. The minimum absolute atomic E-state index is 0.123. The van der Waals surface area contributed by atoms with Gasteiger partial charge in [0.2, 0.25) is 0 Å². The number of rotatable bonds is 4. The van der Waals surface area contributed by atoms with Crippen LogP contribution in [0.4, 0.5) is 5.69 Å². The second-order valence-electron chi connectivity index (χ2n) is 4.97. The number of carboxylic acid groups (broad SMARTS) is 1. The number of aliphatic carboxylic acids is 1. The van der Waals surface area contributed by atoms with Crippen molar-refractivity contribution < 1.29 is 24.2 Å². The van der Waals surface area contributed by atoms with Crippen molar-refractivity contribution in [2.75, 3.05) is 12.3 Å². The first kappa shape index (κ1) is 14.6. The molecule has 2 amide bonds. The zero-order valence-electron chi connectivity index (χ0n) is 11.9. The SMILES string of the molecule is Nc1cccc(Oc2ccc3c(c2)C(=O)N(CC(=O)O)C3=O)c1. The number of imide groups is 1. The number of nitrogens with zero attached hydrogens (tertiary/aromatic N) is 1. The fraction of sp³-hybridized carbons (Fsp3) is 0.0625. The van der Waals surface area contributed by atoms with Crippen molar-refractivity contribution in [2.45, 2.75) is 0 Å². The monoisotopic (exact) mass is 312 g/mol. The molecule has 3 rings (SSSR count). The maximum Gasteiger partial charge on any atom is 0.323 e. The summed E-state index contributed by atoms with van der Waals surface area (Å²) >= 11 is 0. The lowest BCUT2D eigenvalue weighted by molar-refractivity contribution is -0.137. The van der Waals surface area contributed by atoms with Gasteiger partial charge in [-0.15, -0.1) is 0 Å². The molecule has 1 aliphatic rings. The second kappa shape index (κ2) is 5.45. The van der Waals surface area contributed by atoms with Crippen LogP contribution >= 0.6 is 0 Å². The Morgan fingerprint density at radius 1 is 1.04 bits per heavy atom. The van der Waals surface area contributed by atoms with Crippen LogP contribution in [0.25, 0.3) is 0 Å². The van der Waals surface area contributed by atoms with Gasteiger partial charge >= 0.3 is 5.97 Å². The molecule has 0 saturated carbocycles. The van der Waals surface area contributed by atoms with Gasteiger partial charge in [0.15, 0.2) is 0 Å². The Morgan fingerprint density at radius 3 is 2.43 bits per heavy atom. The average molecular weight is 312 g/mol. The van der Waals surface area contributed by atoms with Crippen molar-refractivity contribution in [3.63, 3.8) is 0 Å². The van der Waals surface area contributed by atoms with E-state index in [1.165, 1.54) is 18.2 Å². The van der Waals surface area contributed by atoms with Crippen molar-refractivity contribution in [3.05, 3.63) is 53.6 Å². The van der Waals surface area contributed by atoms with Crippen LogP contribution in [0.3, 0.4) is 0 Å². The largest absolute Gasteiger partial charge is 0.480 e. The molecule has 7 heteroatoms. The van der Waals surface area contributed by atoms with Gasteiger partial charge in [-0.3, -0.25) is 19.3 Å². The predicted molar refractivity (Wildman–Crippen MR) is 80.4 cm³/mol. The van der Waals surface area contributed by atoms with E-state index >= 15 is 0 Å². The molecule has 0 spiro atoms. The molecule has 0 aliphatic carbocycles. The lowest BCUT2D eigenvalue weighted by atomic mass is 10.1. The van der Waals surface area contributed by atoms with Crippen LogP contribution in [0, 0.1) is 0 Å². The first-order valence-corrected chi connectivity index (χ1v) is 6.71. The summed E-state index contributed by atoms with van der Waals surface area (Å²) in [5, 5.41) is 8.78. The Bertz CT molecular complexity index is 831. The number of hydrogen-bond acceptors (Lipinski definition) is 5. The molecule has 1 heterocycles. The lowest BCUT2D eigenvalue weighted by Crippen LogP contribution is -2.34. The highest BCUT2D eigenvalue weighted by atomic mass is 16.5. The molecule has 23 heavy (non-hydrogen) atoms. The zero-order valence-corrected chi connectivity index (χ0v) is 11.9. The number of ether oxygens (including phenoxy) is 1. The summed E-state index contributed by atoms with van der Waals surface area (Å²) in [6, 6.07) is 11.2. The topological polar surface area (TPSA) is 110 Å². The standard InChI is InChI=1S/C16H12N2O5/c17-9-2-1-3-10(6-9)23-11-4-5-12-13(7-11)16(22)18(15(12)21)8-14(19)20/h1-7H,8,17H2,(H,19,20). The minimum atomic E-state index is -1.25. The van der Waals surface area contributed by atoms with E-state index in [9.17, 15) is 14.4 Å². The first-order valence-electron chi connectivity index (χ1n) is 6.71. The summed E-state index contributed by atoms with van der Waals surface area (Å²) < 4.78 is 5.61. The van der Waals surface area contributed by atoms with Crippen molar-refractivity contribution in [1.82, 2.24) is 4.90 Å². The Morgan fingerprint density at radius 2 is 1.74 bits per heavy atom. The van der Waals surface area contributed by atoms with Crippen LogP contribution in [-0.2, 0) is 4.79 Å². The third kappa shape index (κ3) is 2.71. The highest BCUT2D eigenvalue weighted by Gasteiger charge is 2.36. The van der Waals surface area contributed by atoms with Crippen molar-refractivity contribution in [3.8, 4) is 11.5 Å². The Hall–Kier alpha value is -3.35. The predicted octanol–water partition coefficient (Wildman–Crippen LogP) is 1.74. The molecule has 7 nitrogen and oxygen atoms in total. The van der Waals surface area contributed by atoms with Crippen LogP contribution in [-0.4, -0.2) is 34.3 Å². The van der Waals surface area contributed by atoms with Crippen LogP contribution in [0.1, 0.15) is 20.7 Å². The maximum absolute atomic E-state index is 12.2. The van der Waals surface area contributed by atoms with Crippen LogP contribution in [0.2, 0.25) is 0 Å². The summed E-state index contributed by atoms with van der Waals surface area (Å²) in [4.78, 5) is 35.7. The van der Waals surface area contributed by atoms with Crippen molar-refractivity contribution in [1.29, 1.82) is 0 Å². The molecule has 0 aromatic heterocycles. The molecule has 3 N–H and O–H groups in total. The molecule has 0 saturated heterocycles. The van der Waals surface area contributed by atoms with Gasteiger partial charge in [0.25, 0.3) is 11.8 Å². The van der Waals surface area contributed by atoms with Crippen LogP contribution in [0.5, 0.6) is 11.5 Å². The van der Waals surface area contributed by atoms with E-state index in [2.05, 4.69) is 0 Å². The number of hydrogen-bond donors (Lipinski definition) is 2. The third-order valence-electron chi connectivity index (χ3n) is 3.33. The van der Waals surface area contributed by atoms with E-state index in [0.717, 1.165) is 0 Å². The van der Waals surface area contributed by atoms with Gasteiger partial charge in [-0.1, -0.05) is 6.07 Å². The van der Waals surface area contributed by atoms with Crippen molar-refractivity contribution >= 4 is 23.5 Å². The highest BCUT2D eigenvalue weighted by Crippen LogP contribution is 2.29. The van der Waals surface area contributed by atoms with Gasteiger partial charge < -0.3 is 15.6 Å². The van der Waals surface area contributed by atoms with Crippen LogP contribution < -0.4 is 10.5 Å². The van der Waals surface area contributed by atoms with E-state index in [4.69, 9.17) is 15.6 Å². The molecule has 1 aliphatic heterocycles. The fourth-order valence-electron chi connectivity index (χ4n) is 2.33. The Kier molecular flexibility index (Phi) is 3.46. The van der Waals surface area contributed by atoms with Crippen molar-refractivity contribution in [2.24, 2.45) is 0 Å². The fourth-order valence-corrected chi connectivity index (χ4v) is 2.33. The number of amides is 2. The molecule has 0 bridgehead atoms. The molecule has 2 aromatic carbocycles. The Labute approximate surface area is 130 Å². The molecule has 0 atom stereocenters. The molecule has 0 radical (unpaired) electrons. The third-order valence-corrected chi connectivity index (χ3v) is 3.33. The minimum Gasteiger partial charge on any atom is -0.480 e. The number of fused-ring (bicyclic) bond motifs is 1. The smallest absolute Gasteiger partial charge is 0.323 e. The molecular weight excluding hydrogens is 300 g/mol. The zero-order chi connectivity index (χ0) is 16.6. The number of carbonyl (C=O) groups excluding carboxylic acids is 2. The van der Waals surface area contributed by atoms with E-state index in [1.54, 1.807) is 24.3 Å². The maximum atomic E-state index is 12.2. The van der Waals surface area contributed by atoms with Crippen LogP contribution in [0.15, 0.2) is 42.5 Å². The summed E-state index contributed by atoms with van der Waals surface area (Å²) in [7, 11) is 0. The first-order chi connectivity index (χ1) is 11.0. The van der Waals surface area contributed by atoms with E-state index in [0.29, 0.717) is 22.1 Å². The molecule has 2 aromatic rings. The van der Waals surface area contributed by atoms with Gasteiger partial charge in [-0.2, -0.15) is 0 Å². The second-order valence-corrected chi connectivity index (χ2v) is 4.97. The summed E-state index contributed by atoms with van der Waals surface area (Å²) in [5.74, 6) is -1.68. The molecular formula is C16H12N2O5. The van der Waals surface area contributed by atoms with Gasteiger partial charge in [-0.05, 0) is 30.3 Å². The van der Waals surface area contributed by atoms with Gasteiger partial charge in [0.1, 0.15) is 18.0 Å². The summed E-state index contributed by atoms with van der Waals surface area (Å²) in [6.45, 7) is -0.669. The number of benzene rings is 2.